The zero-order valence-corrected chi connectivity index (χ0v) is 14.7. The van der Waals surface area contributed by atoms with E-state index in [2.05, 4.69) is 34.2 Å². The Morgan fingerprint density at radius 2 is 2.35 bits per heavy atom. The number of hydrogen-bond donors (Lipinski definition) is 1. The highest BCUT2D eigenvalue weighted by Gasteiger charge is 2.24. The van der Waals surface area contributed by atoms with Crippen molar-refractivity contribution in [2.24, 2.45) is 12.0 Å². The van der Waals surface area contributed by atoms with Gasteiger partial charge >= 0.3 is 0 Å². The van der Waals surface area contributed by atoms with Crippen LogP contribution in [0.25, 0.3) is 0 Å². The maximum Gasteiger partial charge on any atom is 0.194 e. The summed E-state index contributed by atoms with van der Waals surface area (Å²) < 4.78 is 7.64. The Morgan fingerprint density at radius 1 is 1.55 bits per heavy atom. The summed E-state index contributed by atoms with van der Waals surface area (Å²) in [5.74, 6) is 0.974. The van der Waals surface area contributed by atoms with E-state index in [9.17, 15) is 0 Å². The molecule has 1 atom stereocenters. The summed E-state index contributed by atoms with van der Waals surface area (Å²) in [6.45, 7) is 8.22. The molecule has 1 aromatic heterocycles. The molecule has 1 aliphatic rings. The summed E-state index contributed by atoms with van der Waals surface area (Å²) in [6.07, 6.45) is 3.96. The molecule has 0 amide bonds. The van der Waals surface area contributed by atoms with Gasteiger partial charge in [-0.2, -0.15) is 5.10 Å². The molecule has 1 unspecified atom stereocenters. The van der Waals surface area contributed by atoms with Gasteiger partial charge in [-0.05, 0) is 13.8 Å². The van der Waals surface area contributed by atoms with Gasteiger partial charge in [-0.3, -0.25) is 9.67 Å². The average molecular weight is 393 g/mol. The predicted octanol–water partition coefficient (Wildman–Crippen LogP) is 1.40. The molecule has 0 radical (unpaired) electrons. The second-order valence-electron chi connectivity index (χ2n) is 4.58. The molecule has 1 fully saturated rings. The van der Waals surface area contributed by atoms with Gasteiger partial charge in [-0.15, -0.1) is 24.0 Å². The minimum Gasteiger partial charge on any atom is -0.370 e. The van der Waals surface area contributed by atoms with Crippen molar-refractivity contribution in [3.8, 4) is 0 Å². The van der Waals surface area contributed by atoms with Crippen LogP contribution in [0.15, 0.2) is 17.4 Å². The molecule has 0 bridgehead atoms. The van der Waals surface area contributed by atoms with E-state index >= 15 is 0 Å². The minimum atomic E-state index is 0. The number of nitrogens with zero attached hydrogens (tertiary/aromatic N) is 4. The van der Waals surface area contributed by atoms with Crippen LogP contribution in [-0.2, 0) is 11.8 Å². The highest BCUT2D eigenvalue weighted by Crippen LogP contribution is 2.21. The van der Waals surface area contributed by atoms with Crippen molar-refractivity contribution in [3.05, 3.63) is 18.0 Å². The number of ether oxygens (including phenoxy) is 1. The van der Waals surface area contributed by atoms with Crippen molar-refractivity contribution < 1.29 is 4.74 Å². The van der Waals surface area contributed by atoms with E-state index in [-0.39, 0.29) is 30.1 Å². The Hall–Kier alpha value is -0.830. The van der Waals surface area contributed by atoms with Gasteiger partial charge in [-0.1, -0.05) is 0 Å². The summed E-state index contributed by atoms with van der Waals surface area (Å²) in [5.41, 5.74) is 1.12. The normalized spacial score (nSPS) is 19.6. The number of aromatic nitrogens is 2. The topological polar surface area (TPSA) is 54.7 Å². The van der Waals surface area contributed by atoms with Gasteiger partial charge in [0.2, 0.25) is 0 Å². The van der Waals surface area contributed by atoms with Crippen molar-refractivity contribution in [3.63, 3.8) is 0 Å². The number of hydrogen-bond acceptors (Lipinski definition) is 3. The van der Waals surface area contributed by atoms with E-state index in [1.165, 1.54) is 0 Å². The van der Waals surface area contributed by atoms with E-state index in [1.807, 2.05) is 24.1 Å². The van der Waals surface area contributed by atoms with Gasteiger partial charge in [0.1, 0.15) is 6.10 Å². The maximum absolute atomic E-state index is 5.84. The Labute approximate surface area is 137 Å². The molecule has 0 spiro atoms. The molecule has 1 saturated heterocycles. The first-order chi connectivity index (χ1) is 9.24. The van der Waals surface area contributed by atoms with Crippen LogP contribution >= 0.6 is 24.0 Å². The highest BCUT2D eigenvalue weighted by atomic mass is 127. The number of nitrogens with one attached hydrogen (secondary N) is 1. The van der Waals surface area contributed by atoms with Crippen LogP contribution < -0.4 is 5.32 Å². The van der Waals surface area contributed by atoms with Gasteiger partial charge < -0.3 is 15.0 Å². The Bertz CT molecular complexity index is 434. The van der Waals surface area contributed by atoms with E-state index < -0.39 is 0 Å². The first-order valence-electron chi connectivity index (χ1n) is 6.88. The van der Waals surface area contributed by atoms with Crippen molar-refractivity contribution in [1.82, 2.24) is 20.0 Å². The van der Waals surface area contributed by atoms with Gasteiger partial charge in [0.25, 0.3) is 0 Å². The van der Waals surface area contributed by atoms with Gasteiger partial charge in [0.15, 0.2) is 5.96 Å². The number of aliphatic imine (C=N–C) groups is 1. The van der Waals surface area contributed by atoms with Gasteiger partial charge in [0.05, 0.1) is 19.3 Å². The second-order valence-corrected chi connectivity index (χ2v) is 4.58. The summed E-state index contributed by atoms with van der Waals surface area (Å²) >= 11 is 0. The average Bonchev–Trinajstić information content (AvgIpc) is 2.85. The number of guanidine groups is 1. The van der Waals surface area contributed by atoms with Crippen molar-refractivity contribution in [2.75, 3.05) is 32.8 Å². The van der Waals surface area contributed by atoms with Crippen molar-refractivity contribution >= 4 is 29.9 Å². The Balaban J connectivity index is 0.00000200. The third kappa shape index (κ3) is 4.34. The van der Waals surface area contributed by atoms with Gasteiger partial charge in [-0.25, -0.2) is 0 Å². The monoisotopic (exact) mass is 393 g/mol. The molecule has 1 N–H and O–H groups in total. The molecule has 1 aromatic rings. The number of morpholine rings is 1. The first-order valence-corrected chi connectivity index (χ1v) is 6.88. The summed E-state index contributed by atoms with van der Waals surface area (Å²) in [7, 11) is 1.92. The van der Waals surface area contributed by atoms with Gasteiger partial charge in [0, 0.05) is 38.4 Å². The zero-order chi connectivity index (χ0) is 13.7. The molecule has 6 nitrogen and oxygen atoms in total. The van der Waals surface area contributed by atoms with Crippen LogP contribution in [0.5, 0.6) is 0 Å². The quantitative estimate of drug-likeness (QED) is 0.479. The van der Waals surface area contributed by atoms with Crippen LogP contribution in [0, 0.1) is 0 Å². The lowest BCUT2D eigenvalue weighted by atomic mass is 10.1. The third-order valence-corrected chi connectivity index (χ3v) is 3.11. The molecule has 1 aliphatic heterocycles. The summed E-state index contributed by atoms with van der Waals surface area (Å²) in [5, 5.41) is 7.54. The minimum absolute atomic E-state index is 0. The van der Waals surface area contributed by atoms with E-state index in [0.717, 1.165) is 37.7 Å². The Morgan fingerprint density at radius 3 is 2.95 bits per heavy atom. The molecule has 2 rings (SSSR count). The lowest BCUT2D eigenvalue weighted by Crippen LogP contribution is -2.48. The maximum atomic E-state index is 5.84. The molecule has 0 aromatic carbocycles. The molecule has 20 heavy (non-hydrogen) atoms. The largest absolute Gasteiger partial charge is 0.370 e. The Kier molecular flexibility index (Phi) is 7.28. The third-order valence-electron chi connectivity index (χ3n) is 3.11. The molecule has 7 heteroatoms. The van der Waals surface area contributed by atoms with Crippen LogP contribution in [0.4, 0.5) is 0 Å². The molecular weight excluding hydrogens is 369 g/mol. The van der Waals surface area contributed by atoms with Crippen LogP contribution in [0.3, 0.4) is 0 Å². The van der Waals surface area contributed by atoms with E-state index in [4.69, 9.17) is 4.74 Å². The standard InChI is InChI=1S/C13H23N5O.HI/c1-4-14-13(15-5-2)18-6-7-19-12(10-18)11-8-16-17(3)9-11;/h8-9,12H,4-7,10H2,1-3H3,(H,14,15);1H. The van der Waals surface area contributed by atoms with E-state index in [0.29, 0.717) is 6.61 Å². The van der Waals surface area contributed by atoms with Crippen molar-refractivity contribution in [1.29, 1.82) is 0 Å². The number of halogens is 1. The molecule has 0 saturated carbocycles. The van der Waals surface area contributed by atoms with Crippen molar-refractivity contribution in [2.45, 2.75) is 20.0 Å². The highest BCUT2D eigenvalue weighted by molar-refractivity contribution is 14.0. The summed E-state index contributed by atoms with van der Waals surface area (Å²) in [4.78, 5) is 6.78. The predicted molar refractivity (Wildman–Crippen MR) is 90.5 cm³/mol. The van der Waals surface area contributed by atoms with Crippen LogP contribution in [0.1, 0.15) is 25.5 Å². The molecule has 114 valence electrons. The number of aryl methyl sites for hydroxylation is 1. The second kappa shape index (κ2) is 8.46. The fourth-order valence-corrected chi connectivity index (χ4v) is 2.23. The fraction of sp³-hybridized carbons (Fsp3) is 0.692. The molecule has 0 aliphatic carbocycles. The lowest BCUT2D eigenvalue weighted by molar-refractivity contribution is -0.00803. The number of rotatable bonds is 3. The first kappa shape index (κ1) is 17.2. The molecule has 2 heterocycles. The van der Waals surface area contributed by atoms with E-state index in [1.54, 1.807) is 0 Å². The molecular formula is C13H24IN5O. The zero-order valence-electron chi connectivity index (χ0n) is 12.4. The summed E-state index contributed by atoms with van der Waals surface area (Å²) in [6, 6.07) is 0. The van der Waals surface area contributed by atoms with Crippen LogP contribution in [0.2, 0.25) is 0 Å². The fourth-order valence-electron chi connectivity index (χ4n) is 2.23. The van der Waals surface area contributed by atoms with Crippen LogP contribution in [-0.4, -0.2) is 53.4 Å². The smallest absolute Gasteiger partial charge is 0.194 e. The lowest BCUT2D eigenvalue weighted by Gasteiger charge is -2.34. The SMILES string of the molecule is CCN=C(NCC)N1CCOC(c2cnn(C)c2)C1.I.